The Kier molecular flexibility index (Phi) is 11.4. The van der Waals surface area contributed by atoms with Gasteiger partial charge in [-0.05, 0) is 50.3 Å². The monoisotopic (exact) mass is 636 g/mol. The molecule has 1 aliphatic carbocycles. The number of carbonyl (C=O) groups excluding carboxylic acids is 4. The van der Waals surface area contributed by atoms with Crippen LogP contribution >= 0.6 is 0 Å². The van der Waals surface area contributed by atoms with E-state index in [1.807, 2.05) is 49.4 Å². The lowest BCUT2D eigenvalue weighted by molar-refractivity contribution is -0.151. The lowest BCUT2D eigenvalue weighted by atomic mass is 9.89. The molecule has 0 radical (unpaired) electrons. The standard InChI is InChI=1S/C33H44N6O7/c1-21-16-23(13-14-26(21)44-4)28(30(41)39-15-9-12-25(39)31(42)45-5)38-17-27(35-20-38)37-29(40)24(36-32(43)33(2,3)34)19-46-18-22-10-7-6-8-11-22/h6-8,10-11,13-14,17,20-21,24-25,28H,9,12,15-16,18-19,34H2,1-5H3,(H,36,43)(H,37,40)/t21?,24?,25-,28?/m1/s1. The van der Waals surface area contributed by atoms with Crippen LogP contribution in [0, 0.1) is 5.92 Å². The summed E-state index contributed by atoms with van der Waals surface area (Å²) in [4.78, 5) is 58.7. The third-order valence-corrected chi connectivity index (χ3v) is 8.07. The Morgan fingerprint density at radius 2 is 1.87 bits per heavy atom. The van der Waals surface area contributed by atoms with E-state index in [0.29, 0.717) is 25.8 Å². The number of carbonyl (C=O) groups is 4. The Bertz CT molecular complexity index is 1460. The highest BCUT2D eigenvalue weighted by atomic mass is 16.5. The summed E-state index contributed by atoms with van der Waals surface area (Å²) in [5.74, 6) is -0.849. The summed E-state index contributed by atoms with van der Waals surface area (Å²) in [5.41, 5.74) is 6.45. The van der Waals surface area contributed by atoms with Crippen LogP contribution in [0.3, 0.4) is 0 Å². The van der Waals surface area contributed by atoms with Crippen LogP contribution in [-0.2, 0) is 40.0 Å². The zero-order chi connectivity index (χ0) is 33.4. The maximum Gasteiger partial charge on any atom is 0.328 e. The van der Waals surface area contributed by atoms with Crippen LogP contribution in [0.5, 0.6) is 0 Å². The third kappa shape index (κ3) is 8.40. The van der Waals surface area contributed by atoms with Crippen LogP contribution in [0.2, 0.25) is 0 Å². The summed E-state index contributed by atoms with van der Waals surface area (Å²) in [7, 11) is 2.92. The largest absolute Gasteiger partial charge is 0.501 e. The molecule has 248 valence electrons. The zero-order valence-corrected chi connectivity index (χ0v) is 27.0. The van der Waals surface area contributed by atoms with Gasteiger partial charge in [0.25, 0.3) is 11.8 Å². The van der Waals surface area contributed by atoms with Crippen molar-refractivity contribution in [3.63, 3.8) is 0 Å². The number of anilines is 1. The first-order valence-corrected chi connectivity index (χ1v) is 15.3. The quantitative estimate of drug-likeness (QED) is 0.280. The van der Waals surface area contributed by atoms with Gasteiger partial charge in [-0.2, -0.15) is 0 Å². The van der Waals surface area contributed by atoms with E-state index in [1.165, 1.54) is 27.3 Å². The number of nitrogens with two attached hydrogens (primary N) is 1. The molecule has 4 atom stereocenters. The first kappa shape index (κ1) is 34.4. The molecule has 0 spiro atoms. The van der Waals surface area contributed by atoms with Crippen LogP contribution in [0.25, 0.3) is 0 Å². The Balaban J connectivity index is 1.57. The number of nitrogens with one attached hydrogen (secondary N) is 2. The molecule has 46 heavy (non-hydrogen) atoms. The molecule has 2 heterocycles. The molecule has 3 unspecified atom stereocenters. The van der Waals surface area contributed by atoms with E-state index in [-0.39, 0.29) is 30.9 Å². The lowest BCUT2D eigenvalue weighted by Crippen LogP contribution is -2.56. The number of amides is 3. The van der Waals surface area contributed by atoms with Crippen LogP contribution in [-0.4, -0.2) is 83.1 Å². The maximum atomic E-state index is 14.1. The molecule has 1 aromatic heterocycles. The SMILES string of the molecule is COC(=O)[C@H]1CCCN1C(=O)C(C1=CC=C(OC)C(C)C1)n1cnc(NC(=O)C(COCc2ccccc2)NC(=O)C(C)(C)N)c1. The average molecular weight is 637 g/mol. The van der Waals surface area contributed by atoms with E-state index in [0.717, 1.165) is 16.9 Å². The summed E-state index contributed by atoms with van der Waals surface area (Å²) < 4.78 is 17.9. The fourth-order valence-electron chi connectivity index (χ4n) is 5.55. The molecule has 2 aliphatic rings. The van der Waals surface area contributed by atoms with Gasteiger partial charge in [0.15, 0.2) is 5.82 Å². The fraction of sp³-hybridized carbons (Fsp3) is 0.485. The second-order valence-electron chi connectivity index (χ2n) is 12.2. The number of esters is 1. The summed E-state index contributed by atoms with van der Waals surface area (Å²) in [5, 5.41) is 5.41. The van der Waals surface area contributed by atoms with Gasteiger partial charge >= 0.3 is 5.97 Å². The van der Waals surface area contributed by atoms with E-state index in [4.69, 9.17) is 19.9 Å². The minimum Gasteiger partial charge on any atom is -0.501 e. The Morgan fingerprint density at radius 1 is 1.13 bits per heavy atom. The highest BCUT2D eigenvalue weighted by molar-refractivity contribution is 5.98. The second kappa shape index (κ2) is 15.2. The van der Waals surface area contributed by atoms with Gasteiger partial charge in [-0.15, -0.1) is 0 Å². The highest BCUT2D eigenvalue weighted by Gasteiger charge is 2.40. The predicted molar refractivity (Wildman–Crippen MR) is 170 cm³/mol. The van der Waals surface area contributed by atoms with Gasteiger partial charge < -0.3 is 40.0 Å². The molecule has 4 rings (SSSR count). The molecule has 0 bridgehead atoms. The van der Waals surface area contributed by atoms with Gasteiger partial charge in [0, 0.05) is 18.7 Å². The molecular formula is C33H44N6O7. The first-order chi connectivity index (χ1) is 21.9. The number of rotatable bonds is 13. The number of likely N-dealkylation sites (tertiary alicyclic amines) is 1. The summed E-state index contributed by atoms with van der Waals surface area (Å²) >= 11 is 0. The molecule has 1 aliphatic heterocycles. The predicted octanol–water partition coefficient (Wildman–Crippen LogP) is 2.46. The van der Waals surface area contributed by atoms with Crippen molar-refractivity contribution in [3.05, 3.63) is 71.9 Å². The van der Waals surface area contributed by atoms with Crippen molar-refractivity contribution in [3.8, 4) is 0 Å². The maximum absolute atomic E-state index is 14.1. The van der Waals surface area contributed by atoms with Crippen LogP contribution in [0.4, 0.5) is 5.82 Å². The lowest BCUT2D eigenvalue weighted by Gasteiger charge is -2.31. The number of methoxy groups -OCH3 is 2. The molecule has 1 aromatic carbocycles. The van der Waals surface area contributed by atoms with E-state index in [9.17, 15) is 19.2 Å². The first-order valence-electron chi connectivity index (χ1n) is 15.3. The molecule has 13 nitrogen and oxygen atoms in total. The van der Waals surface area contributed by atoms with Crippen molar-refractivity contribution >= 4 is 29.5 Å². The normalized spacial score (nSPS) is 19.4. The summed E-state index contributed by atoms with van der Waals surface area (Å²) in [6.45, 7) is 5.62. The van der Waals surface area contributed by atoms with Gasteiger partial charge in [0.2, 0.25) is 5.91 Å². The van der Waals surface area contributed by atoms with Gasteiger partial charge in [-0.3, -0.25) is 14.4 Å². The second-order valence-corrected chi connectivity index (χ2v) is 12.2. The minimum absolute atomic E-state index is 0.0185. The van der Waals surface area contributed by atoms with Crippen LogP contribution in [0.1, 0.15) is 51.6 Å². The zero-order valence-electron chi connectivity index (χ0n) is 27.0. The van der Waals surface area contributed by atoms with E-state index in [1.54, 1.807) is 22.8 Å². The van der Waals surface area contributed by atoms with Crippen LogP contribution in [0.15, 0.2) is 66.3 Å². The molecule has 13 heteroatoms. The number of allylic oxidation sites excluding steroid dienone is 3. The number of nitrogens with zero attached hydrogens (tertiary/aromatic N) is 3. The average Bonchev–Trinajstić information content (AvgIpc) is 3.70. The van der Waals surface area contributed by atoms with Crippen molar-refractivity contribution in [2.24, 2.45) is 11.7 Å². The van der Waals surface area contributed by atoms with Crippen molar-refractivity contribution in [1.29, 1.82) is 0 Å². The highest BCUT2D eigenvalue weighted by Crippen LogP contribution is 2.35. The molecule has 4 N–H and O–H groups in total. The van der Waals surface area contributed by atoms with Crippen molar-refractivity contribution in [1.82, 2.24) is 19.8 Å². The number of hydrogen-bond acceptors (Lipinski definition) is 9. The molecule has 0 saturated carbocycles. The number of benzene rings is 1. The van der Waals surface area contributed by atoms with E-state index in [2.05, 4.69) is 15.6 Å². The molecule has 2 aromatic rings. The van der Waals surface area contributed by atoms with Crippen molar-refractivity contribution in [2.75, 3.05) is 32.7 Å². The number of imidazole rings is 1. The van der Waals surface area contributed by atoms with E-state index < -0.39 is 41.4 Å². The van der Waals surface area contributed by atoms with Gasteiger partial charge in [-0.1, -0.05) is 43.3 Å². The van der Waals surface area contributed by atoms with Crippen molar-refractivity contribution < 1.29 is 33.4 Å². The fourth-order valence-corrected chi connectivity index (χ4v) is 5.55. The minimum atomic E-state index is -1.23. The topological polar surface area (TPSA) is 167 Å². The molecule has 1 saturated heterocycles. The summed E-state index contributed by atoms with van der Waals surface area (Å²) in [6.07, 6.45) is 8.44. The van der Waals surface area contributed by atoms with Gasteiger partial charge in [0.1, 0.15) is 18.1 Å². The van der Waals surface area contributed by atoms with Crippen molar-refractivity contribution in [2.45, 2.75) is 70.3 Å². The molecule has 1 fully saturated rings. The number of hydrogen-bond donors (Lipinski definition) is 3. The van der Waals surface area contributed by atoms with Gasteiger partial charge in [-0.25, -0.2) is 9.78 Å². The third-order valence-electron chi connectivity index (χ3n) is 8.07. The Morgan fingerprint density at radius 3 is 2.52 bits per heavy atom. The van der Waals surface area contributed by atoms with Gasteiger partial charge in [0.05, 0.1) is 45.1 Å². The number of aromatic nitrogens is 2. The Labute approximate surface area is 269 Å². The molecular weight excluding hydrogens is 592 g/mol. The number of ether oxygens (including phenoxy) is 3. The van der Waals surface area contributed by atoms with Crippen LogP contribution < -0.4 is 16.4 Å². The van der Waals surface area contributed by atoms with E-state index >= 15 is 0 Å². The smallest absolute Gasteiger partial charge is 0.328 e. The molecule has 3 amide bonds. The summed E-state index contributed by atoms with van der Waals surface area (Å²) in [6, 6.07) is 6.85. The Hall–Kier alpha value is -4.49.